The van der Waals surface area contributed by atoms with Crippen molar-refractivity contribution in [1.82, 2.24) is 4.98 Å². The number of aromatic amines is 1. The topological polar surface area (TPSA) is 70.9 Å². The second-order valence-corrected chi connectivity index (χ2v) is 5.60. The van der Waals surface area contributed by atoms with E-state index in [2.05, 4.69) is 10.3 Å². The van der Waals surface area contributed by atoms with E-state index in [-0.39, 0.29) is 5.91 Å². The van der Waals surface area contributed by atoms with Crippen LogP contribution in [0.15, 0.2) is 54.7 Å². The number of fused-ring (bicyclic) bond motifs is 1. The number of para-hydroxylation sites is 1. The SMILES string of the molecule is NC(Cc1c[nH]c2ccccc12)C(=O)Nc1ccc(Cl)cc1. The maximum Gasteiger partial charge on any atom is 0.241 e. The van der Waals surface area contributed by atoms with Gasteiger partial charge in [-0.1, -0.05) is 29.8 Å². The van der Waals surface area contributed by atoms with Crippen molar-refractivity contribution in [3.8, 4) is 0 Å². The van der Waals surface area contributed by atoms with E-state index in [1.54, 1.807) is 24.3 Å². The molecule has 0 bridgehead atoms. The maximum atomic E-state index is 12.2. The van der Waals surface area contributed by atoms with Gasteiger partial charge in [-0.2, -0.15) is 0 Å². The van der Waals surface area contributed by atoms with E-state index in [1.807, 2.05) is 30.5 Å². The molecule has 112 valence electrons. The largest absolute Gasteiger partial charge is 0.361 e. The summed E-state index contributed by atoms with van der Waals surface area (Å²) in [5, 5.41) is 4.52. The van der Waals surface area contributed by atoms with E-state index < -0.39 is 6.04 Å². The summed E-state index contributed by atoms with van der Waals surface area (Å²) >= 11 is 5.82. The fourth-order valence-electron chi connectivity index (χ4n) is 2.40. The molecule has 4 nitrogen and oxygen atoms in total. The molecule has 0 fully saturated rings. The van der Waals surface area contributed by atoms with Crippen LogP contribution in [-0.4, -0.2) is 16.9 Å². The molecule has 1 atom stereocenters. The predicted molar refractivity (Wildman–Crippen MR) is 90.1 cm³/mol. The first-order valence-corrected chi connectivity index (χ1v) is 7.38. The number of aromatic nitrogens is 1. The third kappa shape index (κ3) is 3.13. The predicted octanol–water partition coefficient (Wildman–Crippen LogP) is 3.33. The van der Waals surface area contributed by atoms with Gasteiger partial charge >= 0.3 is 0 Å². The zero-order chi connectivity index (χ0) is 15.5. The smallest absolute Gasteiger partial charge is 0.241 e. The van der Waals surface area contributed by atoms with Gasteiger partial charge in [-0.3, -0.25) is 4.79 Å². The normalized spacial score (nSPS) is 12.3. The minimum Gasteiger partial charge on any atom is -0.361 e. The number of halogens is 1. The summed E-state index contributed by atoms with van der Waals surface area (Å²) in [7, 11) is 0. The van der Waals surface area contributed by atoms with Crippen molar-refractivity contribution >= 4 is 34.1 Å². The quantitative estimate of drug-likeness (QED) is 0.691. The lowest BCUT2D eigenvalue weighted by Crippen LogP contribution is -2.37. The molecule has 1 aromatic heterocycles. The van der Waals surface area contributed by atoms with Gasteiger partial charge in [0.25, 0.3) is 0 Å². The van der Waals surface area contributed by atoms with E-state index in [1.165, 1.54) is 0 Å². The molecule has 1 unspecified atom stereocenters. The molecule has 3 rings (SSSR count). The zero-order valence-electron chi connectivity index (χ0n) is 11.8. The molecule has 22 heavy (non-hydrogen) atoms. The van der Waals surface area contributed by atoms with Crippen LogP contribution in [0.5, 0.6) is 0 Å². The van der Waals surface area contributed by atoms with Crippen LogP contribution in [0, 0.1) is 0 Å². The Labute approximate surface area is 133 Å². The van der Waals surface area contributed by atoms with Gasteiger partial charge in [0.05, 0.1) is 6.04 Å². The lowest BCUT2D eigenvalue weighted by Gasteiger charge is -2.12. The number of benzene rings is 2. The van der Waals surface area contributed by atoms with E-state index >= 15 is 0 Å². The Kier molecular flexibility index (Phi) is 4.13. The van der Waals surface area contributed by atoms with E-state index in [0.717, 1.165) is 16.5 Å². The number of anilines is 1. The Morgan fingerprint density at radius 3 is 2.68 bits per heavy atom. The van der Waals surface area contributed by atoms with Gasteiger partial charge in [0, 0.05) is 27.8 Å². The minimum atomic E-state index is -0.616. The first-order chi connectivity index (χ1) is 10.6. The Hall–Kier alpha value is -2.30. The van der Waals surface area contributed by atoms with Crippen LogP contribution in [-0.2, 0) is 11.2 Å². The first-order valence-electron chi connectivity index (χ1n) is 7.00. The Morgan fingerprint density at radius 1 is 1.18 bits per heavy atom. The van der Waals surface area contributed by atoms with Crippen LogP contribution >= 0.6 is 11.6 Å². The monoisotopic (exact) mass is 313 g/mol. The lowest BCUT2D eigenvalue weighted by molar-refractivity contribution is -0.117. The maximum absolute atomic E-state index is 12.2. The number of hydrogen-bond acceptors (Lipinski definition) is 2. The van der Waals surface area contributed by atoms with Crippen LogP contribution in [0.2, 0.25) is 5.02 Å². The van der Waals surface area contributed by atoms with Crippen molar-refractivity contribution in [3.05, 3.63) is 65.3 Å². The number of H-pyrrole nitrogens is 1. The number of carbonyl (C=O) groups is 1. The molecule has 0 aliphatic carbocycles. The summed E-state index contributed by atoms with van der Waals surface area (Å²) < 4.78 is 0. The second-order valence-electron chi connectivity index (χ2n) is 5.17. The van der Waals surface area contributed by atoms with Gasteiger partial charge in [-0.15, -0.1) is 0 Å². The zero-order valence-corrected chi connectivity index (χ0v) is 12.6. The fourth-order valence-corrected chi connectivity index (χ4v) is 2.52. The highest BCUT2D eigenvalue weighted by Gasteiger charge is 2.16. The molecule has 0 radical (unpaired) electrons. The highest BCUT2D eigenvalue weighted by Crippen LogP contribution is 2.19. The summed E-state index contributed by atoms with van der Waals surface area (Å²) in [5.41, 5.74) is 8.79. The number of carbonyl (C=O) groups excluding carboxylic acids is 1. The number of rotatable bonds is 4. The molecular formula is C17H16ClN3O. The van der Waals surface area contributed by atoms with Crippen molar-refractivity contribution in [3.63, 3.8) is 0 Å². The van der Waals surface area contributed by atoms with E-state index in [4.69, 9.17) is 17.3 Å². The number of nitrogens with one attached hydrogen (secondary N) is 2. The molecule has 0 saturated carbocycles. The lowest BCUT2D eigenvalue weighted by atomic mass is 10.0. The van der Waals surface area contributed by atoms with Gasteiger partial charge < -0.3 is 16.0 Å². The van der Waals surface area contributed by atoms with Gasteiger partial charge in [0.1, 0.15) is 0 Å². The molecule has 5 heteroatoms. The number of amides is 1. The number of nitrogens with two attached hydrogens (primary N) is 1. The summed E-state index contributed by atoms with van der Waals surface area (Å²) in [4.78, 5) is 15.4. The van der Waals surface area contributed by atoms with Crippen molar-refractivity contribution in [1.29, 1.82) is 0 Å². The molecule has 1 amide bonds. The standard InChI is InChI=1S/C17H16ClN3O/c18-12-5-7-13(8-6-12)21-17(22)15(19)9-11-10-20-16-4-2-1-3-14(11)16/h1-8,10,15,20H,9,19H2,(H,21,22). The fraction of sp³-hybridized carbons (Fsp3) is 0.118. The van der Waals surface area contributed by atoms with Crippen molar-refractivity contribution in [2.45, 2.75) is 12.5 Å². The van der Waals surface area contributed by atoms with Crippen molar-refractivity contribution < 1.29 is 4.79 Å². The van der Waals surface area contributed by atoms with Gasteiger partial charge in [-0.05, 0) is 42.3 Å². The van der Waals surface area contributed by atoms with E-state index in [0.29, 0.717) is 17.1 Å². The van der Waals surface area contributed by atoms with Crippen LogP contribution < -0.4 is 11.1 Å². The van der Waals surface area contributed by atoms with Crippen molar-refractivity contribution in [2.24, 2.45) is 5.73 Å². The summed E-state index contributed by atoms with van der Waals surface area (Å²) in [5.74, 6) is -0.215. The molecular weight excluding hydrogens is 298 g/mol. The molecule has 0 spiro atoms. The van der Waals surface area contributed by atoms with Gasteiger partial charge in [0.15, 0.2) is 0 Å². The summed E-state index contributed by atoms with van der Waals surface area (Å²) in [6, 6.07) is 14.3. The minimum absolute atomic E-state index is 0.215. The summed E-state index contributed by atoms with van der Waals surface area (Å²) in [6.45, 7) is 0. The van der Waals surface area contributed by atoms with Gasteiger partial charge in [0.2, 0.25) is 5.91 Å². The third-order valence-corrected chi connectivity index (χ3v) is 3.82. The number of hydrogen-bond donors (Lipinski definition) is 3. The Morgan fingerprint density at radius 2 is 1.91 bits per heavy atom. The Balaban J connectivity index is 1.69. The molecule has 0 aliphatic rings. The average molecular weight is 314 g/mol. The second kappa shape index (κ2) is 6.22. The molecule has 0 saturated heterocycles. The van der Waals surface area contributed by atoms with Crippen LogP contribution in [0.4, 0.5) is 5.69 Å². The molecule has 1 heterocycles. The Bertz CT molecular complexity index is 795. The highest BCUT2D eigenvalue weighted by molar-refractivity contribution is 6.30. The van der Waals surface area contributed by atoms with Crippen LogP contribution in [0.25, 0.3) is 10.9 Å². The molecule has 2 aromatic carbocycles. The summed E-state index contributed by atoms with van der Waals surface area (Å²) in [6.07, 6.45) is 2.38. The average Bonchev–Trinajstić information content (AvgIpc) is 2.93. The van der Waals surface area contributed by atoms with Crippen LogP contribution in [0.1, 0.15) is 5.56 Å². The highest BCUT2D eigenvalue weighted by atomic mass is 35.5. The van der Waals surface area contributed by atoms with Gasteiger partial charge in [-0.25, -0.2) is 0 Å². The van der Waals surface area contributed by atoms with Crippen LogP contribution in [0.3, 0.4) is 0 Å². The first kappa shape index (κ1) is 14.6. The molecule has 0 aliphatic heterocycles. The molecule has 3 aromatic rings. The third-order valence-electron chi connectivity index (χ3n) is 3.56. The van der Waals surface area contributed by atoms with Crippen molar-refractivity contribution in [2.75, 3.05) is 5.32 Å². The molecule has 4 N–H and O–H groups in total. The van der Waals surface area contributed by atoms with E-state index in [9.17, 15) is 4.79 Å².